The number of anilines is 3. The van der Waals surface area contributed by atoms with Gasteiger partial charge in [0.05, 0.1) is 25.1 Å². The molecule has 1 aliphatic heterocycles. The number of aryl methyl sites for hydroxylation is 1. The molecular formula is C22H23N7O3. The zero-order chi connectivity index (χ0) is 21.9. The molecule has 3 N–H and O–H groups in total. The van der Waals surface area contributed by atoms with Gasteiger partial charge in [-0.3, -0.25) is 14.7 Å². The van der Waals surface area contributed by atoms with Gasteiger partial charge in [-0.25, -0.2) is 9.97 Å². The van der Waals surface area contributed by atoms with Crippen molar-refractivity contribution in [2.75, 3.05) is 36.9 Å². The molecule has 10 heteroatoms. The van der Waals surface area contributed by atoms with E-state index in [4.69, 9.17) is 4.74 Å². The summed E-state index contributed by atoms with van der Waals surface area (Å²) in [5, 5.41) is 12.8. The van der Waals surface area contributed by atoms with Gasteiger partial charge in [0.2, 0.25) is 0 Å². The minimum atomic E-state index is -0.344. The number of ether oxygens (including phenoxy) is 1. The molecule has 0 atom stereocenters. The molecule has 5 rings (SSSR count). The molecule has 3 aromatic rings. The second kappa shape index (κ2) is 8.75. The Labute approximate surface area is 184 Å². The third kappa shape index (κ3) is 4.04. The number of fused-ring (bicyclic) bond motifs is 1. The Morgan fingerprint density at radius 3 is 2.69 bits per heavy atom. The number of nitrogens with one attached hydrogen (secondary N) is 3. The molecule has 3 heterocycles. The number of amides is 2. The maximum absolute atomic E-state index is 12.8. The SMILES string of the molecule is O=C(Nc1ccc(C(=O)N2CCOCC2)cc1)c1[nH]ncc1Nc1ncnc2c1CCC2. The highest BCUT2D eigenvalue weighted by Crippen LogP contribution is 2.28. The lowest BCUT2D eigenvalue weighted by molar-refractivity contribution is 0.0303. The van der Waals surface area contributed by atoms with Gasteiger partial charge in [-0.1, -0.05) is 0 Å². The zero-order valence-electron chi connectivity index (χ0n) is 17.4. The fourth-order valence-corrected chi connectivity index (χ4v) is 3.99. The molecule has 0 saturated carbocycles. The number of aromatic nitrogens is 4. The van der Waals surface area contributed by atoms with E-state index >= 15 is 0 Å². The van der Waals surface area contributed by atoms with E-state index in [0.29, 0.717) is 54.8 Å². The molecule has 32 heavy (non-hydrogen) atoms. The highest BCUT2D eigenvalue weighted by molar-refractivity contribution is 6.07. The summed E-state index contributed by atoms with van der Waals surface area (Å²) in [6, 6.07) is 6.85. The third-order valence-electron chi connectivity index (χ3n) is 5.68. The standard InChI is InChI=1S/C22H23N7O3/c30-21(26-15-6-4-14(5-7-15)22(31)29-8-10-32-11-9-29)19-18(12-25-28-19)27-20-16-2-1-3-17(16)23-13-24-20/h4-7,12-13H,1-3,8-11H2,(H,25,28)(H,26,30)(H,23,24,27). The monoisotopic (exact) mass is 433 g/mol. The molecule has 2 amide bonds. The number of nitrogens with zero attached hydrogens (tertiary/aromatic N) is 4. The number of benzene rings is 1. The van der Waals surface area contributed by atoms with E-state index in [1.54, 1.807) is 35.4 Å². The summed E-state index contributed by atoms with van der Waals surface area (Å²) in [6.07, 6.45) is 5.99. The average Bonchev–Trinajstić information content (AvgIpc) is 3.50. The summed E-state index contributed by atoms with van der Waals surface area (Å²) in [7, 11) is 0. The number of H-pyrrole nitrogens is 1. The Bertz CT molecular complexity index is 1140. The molecule has 10 nitrogen and oxygen atoms in total. The third-order valence-corrected chi connectivity index (χ3v) is 5.68. The van der Waals surface area contributed by atoms with Crippen LogP contribution in [-0.4, -0.2) is 63.2 Å². The molecule has 1 aliphatic carbocycles. The van der Waals surface area contributed by atoms with Gasteiger partial charge in [0, 0.05) is 35.6 Å². The van der Waals surface area contributed by atoms with Crippen molar-refractivity contribution in [1.82, 2.24) is 25.1 Å². The highest BCUT2D eigenvalue weighted by Gasteiger charge is 2.21. The van der Waals surface area contributed by atoms with Gasteiger partial charge in [0.25, 0.3) is 11.8 Å². The Morgan fingerprint density at radius 1 is 1.06 bits per heavy atom. The number of aromatic amines is 1. The van der Waals surface area contributed by atoms with Crippen molar-refractivity contribution < 1.29 is 14.3 Å². The normalized spacial score (nSPS) is 15.3. The van der Waals surface area contributed by atoms with E-state index in [0.717, 1.165) is 30.5 Å². The molecule has 1 fully saturated rings. The number of rotatable bonds is 5. The molecule has 0 bridgehead atoms. The van der Waals surface area contributed by atoms with Gasteiger partial charge < -0.3 is 20.3 Å². The maximum atomic E-state index is 12.8. The molecule has 2 aliphatic rings. The molecule has 0 spiro atoms. The topological polar surface area (TPSA) is 125 Å². The summed E-state index contributed by atoms with van der Waals surface area (Å²) in [5.41, 5.74) is 4.12. The second-order valence-corrected chi connectivity index (χ2v) is 7.72. The second-order valence-electron chi connectivity index (χ2n) is 7.72. The van der Waals surface area contributed by atoms with Gasteiger partial charge >= 0.3 is 0 Å². The molecule has 0 radical (unpaired) electrons. The van der Waals surface area contributed by atoms with Crippen LogP contribution < -0.4 is 10.6 Å². The van der Waals surface area contributed by atoms with Gasteiger partial charge in [-0.2, -0.15) is 5.10 Å². The van der Waals surface area contributed by atoms with E-state index in [9.17, 15) is 9.59 Å². The van der Waals surface area contributed by atoms with Crippen molar-refractivity contribution in [3.05, 3.63) is 59.3 Å². The van der Waals surface area contributed by atoms with Crippen LogP contribution in [0.1, 0.15) is 38.5 Å². The van der Waals surface area contributed by atoms with Gasteiger partial charge in [0.15, 0.2) is 0 Å². The van der Waals surface area contributed by atoms with E-state index in [1.807, 2.05) is 0 Å². The fraction of sp³-hybridized carbons (Fsp3) is 0.318. The minimum absolute atomic E-state index is 0.0383. The summed E-state index contributed by atoms with van der Waals surface area (Å²) in [5.74, 6) is 0.320. The first-order valence-corrected chi connectivity index (χ1v) is 10.6. The smallest absolute Gasteiger partial charge is 0.275 e. The Balaban J connectivity index is 1.27. The van der Waals surface area contributed by atoms with Gasteiger partial charge in [-0.15, -0.1) is 0 Å². The van der Waals surface area contributed by atoms with Crippen LogP contribution in [0.5, 0.6) is 0 Å². The predicted molar refractivity (Wildman–Crippen MR) is 117 cm³/mol. The van der Waals surface area contributed by atoms with Gasteiger partial charge in [-0.05, 0) is 43.5 Å². The highest BCUT2D eigenvalue weighted by atomic mass is 16.5. The zero-order valence-corrected chi connectivity index (χ0v) is 17.4. The first-order chi connectivity index (χ1) is 15.7. The van der Waals surface area contributed by atoms with E-state index < -0.39 is 0 Å². The lowest BCUT2D eigenvalue weighted by atomic mass is 10.1. The quantitative estimate of drug-likeness (QED) is 0.563. The van der Waals surface area contributed by atoms with E-state index in [1.165, 1.54) is 6.33 Å². The van der Waals surface area contributed by atoms with Crippen LogP contribution in [-0.2, 0) is 17.6 Å². The minimum Gasteiger partial charge on any atom is -0.378 e. The predicted octanol–water partition coefficient (Wildman–Crippen LogP) is 2.16. The summed E-state index contributed by atoms with van der Waals surface area (Å²) >= 11 is 0. The maximum Gasteiger partial charge on any atom is 0.275 e. The van der Waals surface area contributed by atoms with Crippen LogP contribution in [0.2, 0.25) is 0 Å². The van der Waals surface area contributed by atoms with E-state index in [-0.39, 0.29) is 11.8 Å². The van der Waals surface area contributed by atoms with Crippen LogP contribution in [0.15, 0.2) is 36.8 Å². The summed E-state index contributed by atoms with van der Waals surface area (Å²) in [6.45, 7) is 2.28. The number of carbonyl (C=O) groups excluding carboxylic acids is 2. The van der Waals surface area contributed by atoms with Gasteiger partial charge in [0.1, 0.15) is 17.8 Å². The molecule has 0 unspecified atom stereocenters. The van der Waals surface area contributed by atoms with Crippen LogP contribution in [0.3, 0.4) is 0 Å². The van der Waals surface area contributed by atoms with E-state index in [2.05, 4.69) is 30.8 Å². The van der Waals surface area contributed by atoms with Crippen LogP contribution >= 0.6 is 0 Å². The van der Waals surface area contributed by atoms with Crippen LogP contribution in [0.25, 0.3) is 0 Å². The van der Waals surface area contributed by atoms with Crippen molar-refractivity contribution in [3.8, 4) is 0 Å². The average molecular weight is 433 g/mol. The van der Waals surface area contributed by atoms with Crippen molar-refractivity contribution in [1.29, 1.82) is 0 Å². The first-order valence-electron chi connectivity index (χ1n) is 10.6. The molecule has 2 aromatic heterocycles. The van der Waals surface area contributed by atoms with Crippen LogP contribution in [0.4, 0.5) is 17.2 Å². The Kier molecular flexibility index (Phi) is 5.51. The Morgan fingerprint density at radius 2 is 1.88 bits per heavy atom. The van der Waals surface area contributed by atoms with Crippen molar-refractivity contribution in [2.45, 2.75) is 19.3 Å². The number of hydrogen-bond acceptors (Lipinski definition) is 7. The lowest BCUT2D eigenvalue weighted by Crippen LogP contribution is -2.40. The first kappa shape index (κ1) is 20.1. The molecule has 1 aromatic carbocycles. The van der Waals surface area contributed by atoms with Crippen molar-refractivity contribution in [2.24, 2.45) is 0 Å². The number of hydrogen-bond donors (Lipinski definition) is 3. The number of carbonyl (C=O) groups is 2. The summed E-state index contributed by atoms with van der Waals surface area (Å²) in [4.78, 5) is 35.8. The van der Waals surface area contributed by atoms with Crippen LogP contribution in [0, 0.1) is 0 Å². The largest absolute Gasteiger partial charge is 0.378 e. The van der Waals surface area contributed by atoms with Crippen molar-refractivity contribution in [3.63, 3.8) is 0 Å². The molecule has 1 saturated heterocycles. The van der Waals surface area contributed by atoms with Crippen molar-refractivity contribution >= 4 is 29.0 Å². The molecule has 164 valence electrons. The number of morpholine rings is 1. The summed E-state index contributed by atoms with van der Waals surface area (Å²) < 4.78 is 5.29. The molecular weight excluding hydrogens is 410 g/mol. The lowest BCUT2D eigenvalue weighted by Gasteiger charge is -2.26. The fourth-order valence-electron chi connectivity index (χ4n) is 3.99. The Hall–Kier alpha value is -3.79.